The molecule has 122 valence electrons. The van der Waals surface area contributed by atoms with Crippen molar-refractivity contribution in [3.05, 3.63) is 68.5 Å². The first-order chi connectivity index (χ1) is 10.9. The molecule has 0 spiro atoms. The molecule has 0 saturated carbocycles. The number of benzene rings is 1. The Balaban J connectivity index is 2.47. The molecule has 9 heteroatoms. The van der Waals surface area contributed by atoms with E-state index in [-0.39, 0.29) is 5.56 Å². The van der Waals surface area contributed by atoms with Crippen LogP contribution in [0.25, 0.3) is 0 Å². The number of esters is 1. The first-order valence-electron chi connectivity index (χ1n) is 6.40. The van der Waals surface area contributed by atoms with Crippen LogP contribution in [-0.4, -0.2) is 22.3 Å². The first kappa shape index (κ1) is 16.6. The van der Waals surface area contributed by atoms with E-state index in [1.54, 1.807) is 4.98 Å². The molecule has 2 aromatic rings. The highest BCUT2D eigenvalue weighted by atomic mass is 19.1. The van der Waals surface area contributed by atoms with Crippen molar-refractivity contribution < 1.29 is 23.0 Å². The number of aromatic amines is 1. The third-order valence-corrected chi connectivity index (χ3v) is 2.84. The largest absolute Gasteiger partial charge is 0.439 e. The summed E-state index contributed by atoms with van der Waals surface area (Å²) in [7, 11) is 0. The third-order valence-electron chi connectivity index (χ3n) is 2.84. The maximum atomic E-state index is 14.0. The van der Waals surface area contributed by atoms with E-state index in [1.807, 2.05) is 0 Å². The maximum Gasteiger partial charge on any atom is 0.330 e. The molecule has 1 unspecified atom stereocenters. The lowest BCUT2D eigenvalue weighted by molar-refractivity contribution is -0.160. The minimum absolute atomic E-state index is 0.104. The summed E-state index contributed by atoms with van der Waals surface area (Å²) < 4.78 is 37.8. The molecule has 0 saturated heterocycles. The summed E-state index contributed by atoms with van der Waals surface area (Å²) >= 11 is 0. The van der Waals surface area contributed by atoms with Crippen LogP contribution in [0.4, 0.5) is 8.78 Å². The van der Waals surface area contributed by atoms with E-state index in [4.69, 9.17) is 4.74 Å². The van der Waals surface area contributed by atoms with Gasteiger partial charge in [0.15, 0.2) is 13.0 Å². The SMILES string of the molecule is CC(=O)OCOC(c1ccccc1F)n1cc(F)c(=O)[nH]c1=O. The van der Waals surface area contributed by atoms with Crippen LogP contribution in [0.3, 0.4) is 0 Å². The molecule has 7 nitrogen and oxygen atoms in total. The van der Waals surface area contributed by atoms with E-state index in [2.05, 4.69) is 4.74 Å². The Bertz CT molecular complexity index is 830. The molecule has 0 fully saturated rings. The van der Waals surface area contributed by atoms with E-state index in [9.17, 15) is 23.2 Å². The van der Waals surface area contributed by atoms with Gasteiger partial charge in [0.2, 0.25) is 5.82 Å². The van der Waals surface area contributed by atoms with Gasteiger partial charge in [0.05, 0.1) is 6.20 Å². The number of carbonyl (C=O) groups excluding carboxylic acids is 1. The number of rotatable bonds is 5. The highest BCUT2D eigenvalue weighted by Gasteiger charge is 2.21. The van der Waals surface area contributed by atoms with Crippen LogP contribution in [-0.2, 0) is 14.3 Å². The second kappa shape index (κ2) is 6.97. The van der Waals surface area contributed by atoms with Crippen LogP contribution in [0.1, 0.15) is 18.7 Å². The van der Waals surface area contributed by atoms with E-state index < -0.39 is 41.9 Å². The zero-order chi connectivity index (χ0) is 17.0. The number of halogens is 2. The Morgan fingerprint density at radius 3 is 2.61 bits per heavy atom. The van der Waals surface area contributed by atoms with Gasteiger partial charge in [-0.25, -0.2) is 9.18 Å². The summed E-state index contributed by atoms with van der Waals surface area (Å²) in [6, 6.07) is 5.32. The molecule has 0 aliphatic heterocycles. The van der Waals surface area contributed by atoms with Gasteiger partial charge in [-0.15, -0.1) is 0 Å². The van der Waals surface area contributed by atoms with Crippen LogP contribution in [0.2, 0.25) is 0 Å². The van der Waals surface area contributed by atoms with Gasteiger partial charge in [-0.3, -0.25) is 19.1 Å². The van der Waals surface area contributed by atoms with Crippen LogP contribution in [0.5, 0.6) is 0 Å². The van der Waals surface area contributed by atoms with Crippen molar-refractivity contribution in [2.24, 2.45) is 0 Å². The van der Waals surface area contributed by atoms with Gasteiger partial charge in [0.1, 0.15) is 5.82 Å². The van der Waals surface area contributed by atoms with Crippen molar-refractivity contribution in [2.45, 2.75) is 13.2 Å². The number of nitrogens with zero attached hydrogens (tertiary/aromatic N) is 1. The number of carbonyl (C=O) groups is 1. The Morgan fingerprint density at radius 2 is 1.96 bits per heavy atom. The molecule has 0 aliphatic rings. The van der Waals surface area contributed by atoms with Gasteiger partial charge in [-0.2, -0.15) is 4.39 Å². The predicted octanol–water partition coefficient (Wildman–Crippen LogP) is 0.899. The number of aromatic nitrogens is 2. The number of nitrogens with one attached hydrogen (secondary N) is 1. The van der Waals surface area contributed by atoms with Crippen molar-refractivity contribution in [1.29, 1.82) is 0 Å². The van der Waals surface area contributed by atoms with Gasteiger partial charge in [-0.1, -0.05) is 18.2 Å². The fraction of sp³-hybridized carbons (Fsp3) is 0.214. The van der Waals surface area contributed by atoms with Gasteiger partial charge in [0.25, 0.3) is 5.56 Å². The summed E-state index contributed by atoms with van der Waals surface area (Å²) in [6.07, 6.45) is -0.846. The smallest absolute Gasteiger partial charge is 0.330 e. The monoisotopic (exact) mass is 326 g/mol. The van der Waals surface area contributed by atoms with Crippen LogP contribution in [0, 0.1) is 11.6 Å². The van der Waals surface area contributed by atoms with Crippen LogP contribution in [0.15, 0.2) is 40.1 Å². The highest BCUT2D eigenvalue weighted by Crippen LogP contribution is 2.21. The summed E-state index contributed by atoms with van der Waals surface area (Å²) in [6.45, 7) is 0.537. The first-order valence-corrected chi connectivity index (χ1v) is 6.40. The molecule has 0 bridgehead atoms. The lowest BCUT2D eigenvalue weighted by atomic mass is 10.2. The van der Waals surface area contributed by atoms with E-state index in [1.165, 1.54) is 18.2 Å². The Labute approximate surface area is 128 Å². The minimum Gasteiger partial charge on any atom is -0.439 e. The molecular weight excluding hydrogens is 314 g/mol. The Hall–Kier alpha value is -2.81. The molecule has 0 aliphatic carbocycles. The molecule has 1 aromatic heterocycles. The summed E-state index contributed by atoms with van der Waals surface area (Å²) in [5.41, 5.74) is -2.32. The van der Waals surface area contributed by atoms with Crippen molar-refractivity contribution >= 4 is 5.97 Å². The lowest BCUT2D eigenvalue weighted by Gasteiger charge is -2.20. The normalized spacial score (nSPS) is 12.0. The van der Waals surface area contributed by atoms with E-state index in [0.29, 0.717) is 10.8 Å². The summed E-state index contributed by atoms with van der Waals surface area (Å²) in [5, 5.41) is 0. The molecule has 23 heavy (non-hydrogen) atoms. The topological polar surface area (TPSA) is 90.4 Å². The standard InChI is InChI=1S/C14H12F2N2O5/c1-8(19)22-7-23-13(9-4-2-3-5-10(9)15)18-6-11(16)12(20)17-14(18)21/h2-6,13H,7H2,1H3,(H,17,20,21). The third kappa shape index (κ3) is 3.89. The maximum absolute atomic E-state index is 14.0. The van der Waals surface area contributed by atoms with Crippen molar-refractivity contribution in [2.75, 3.05) is 6.79 Å². The fourth-order valence-electron chi connectivity index (χ4n) is 1.81. The second-order valence-corrected chi connectivity index (χ2v) is 4.44. The highest BCUT2D eigenvalue weighted by molar-refractivity contribution is 5.65. The number of ether oxygens (including phenoxy) is 2. The lowest BCUT2D eigenvalue weighted by Crippen LogP contribution is -2.35. The fourth-order valence-corrected chi connectivity index (χ4v) is 1.81. The zero-order valence-electron chi connectivity index (χ0n) is 11.9. The summed E-state index contributed by atoms with van der Waals surface area (Å²) in [5.74, 6) is -2.63. The van der Waals surface area contributed by atoms with Gasteiger partial charge < -0.3 is 9.47 Å². The average Bonchev–Trinajstić information content (AvgIpc) is 2.49. The second-order valence-electron chi connectivity index (χ2n) is 4.44. The van der Waals surface area contributed by atoms with Gasteiger partial charge >= 0.3 is 11.7 Å². The van der Waals surface area contributed by atoms with E-state index >= 15 is 0 Å². The minimum atomic E-state index is -1.44. The molecule has 2 rings (SSSR count). The molecular formula is C14H12F2N2O5. The van der Waals surface area contributed by atoms with Crippen molar-refractivity contribution in [1.82, 2.24) is 9.55 Å². The van der Waals surface area contributed by atoms with E-state index in [0.717, 1.165) is 13.0 Å². The molecule has 0 radical (unpaired) electrons. The Morgan fingerprint density at radius 1 is 1.26 bits per heavy atom. The quantitative estimate of drug-likeness (QED) is 0.651. The average molecular weight is 326 g/mol. The van der Waals surface area contributed by atoms with Gasteiger partial charge in [-0.05, 0) is 6.07 Å². The van der Waals surface area contributed by atoms with Crippen LogP contribution < -0.4 is 11.2 Å². The predicted molar refractivity (Wildman–Crippen MR) is 73.5 cm³/mol. The molecule has 1 aromatic carbocycles. The molecule has 0 amide bonds. The number of hydrogen-bond acceptors (Lipinski definition) is 5. The number of hydrogen-bond donors (Lipinski definition) is 1. The molecule has 1 N–H and O–H groups in total. The number of H-pyrrole nitrogens is 1. The van der Waals surface area contributed by atoms with Gasteiger partial charge in [0, 0.05) is 12.5 Å². The molecule has 1 heterocycles. The molecule has 1 atom stereocenters. The zero-order valence-corrected chi connectivity index (χ0v) is 11.9. The van der Waals surface area contributed by atoms with Crippen LogP contribution >= 0.6 is 0 Å². The van der Waals surface area contributed by atoms with Crippen molar-refractivity contribution in [3.63, 3.8) is 0 Å². The Kier molecular flexibility index (Phi) is 5.02. The summed E-state index contributed by atoms with van der Waals surface area (Å²) in [4.78, 5) is 35.5. The van der Waals surface area contributed by atoms with Crippen molar-refractivity contribution in [3.8, 4) is 0 Å².